The van der Waals surface area contributed by atoms with E-state index in [1.807, 2.05) is 24.3 Å². The number of ether oxygens (including phenoxy) is 1. The third-order valence-electron chi connectivity index (χ3n) is 3.30. The lowest BCUT2D eigenvalue weighted by Crippen LogP contribution is -2.40. The second kappa shape index (κ2) is 6.38. The second-order valence-corrected chi connectivity index (χ2v) is 4.90. The third-order valence-corrected chi connectivity index (χ3v) is 3.30. The standard InChI is InChI=1S/C14H18N2O4/c15-13(17)8-16(9-14(18)19)7-10-5-6-20-12-4-2-1-3-11(10)12/h1-4,10H,5-9H2,(H2,15,17)(H,18,19). The van der Waals surface area contributed by atoms with Crippen molar-refractivity contribution in [2.75, 3.05) is 26.2 Å². The number of fused-ring (bicyclic) bond motifs is 1. The number of nitrogens with two attached hydrogens (primary N) is 1. The van der Waals surface area contributed by atoms with Gasteiger partial charge in [0.05, 0.1) is 19.7 Å². The van der Waals surface area contributed by atoms with Crippen molar-refractivity contribution in [3.63, 3.8) is 0 Å². The molecule has 1 heterocycles. The fourth-order valence-corrected chi connectivity index (χ4v) is 2.51. The highest BCUT2D eigenvalue weighted by Crippen LogP contribution is 2.33. The van der Waals surface area contributed by atoms with E-state index in [1.165, 1.54) is 0 Å². The summed E-state index contributed by atoms with van der Waals surface area (Å²) in [6, 6.07) is 7.70. The number of primary amides is 1. The van der Waals surface area contributed by atoms with Gasteiger partial charge in [0.1, 0.15) is 5.75 Å². The van der Waals surface area contributed by atoms with Gasteiger partial charge in [0.2, 0.25) is 5.91 Å². The SMILES string of the molecule is NC(=O)CN(CC(=O)O)CC1CCOc2ccccc21. The maximum atomic E-state index is 11.0. The molecule has 2 rings (SSSR count). The molecule has 1 atom stereocenters. The summed E-state index contributed by atoms with van der Waals surface area (Å²) in [4.78, 5) is 23.5. The number of carbonyl (C=O) groups is 2. The predicted molar refractivity (Wildman–Crippen MR) is 72.6 cm³/mol. The highest BCUT2D eigenvalue weighted by Gasteiger charge is 2.24. The number of nitrogens with zero attached hydrogens (tertiary/aromatic N) is 1. The minimum Gasteiger partial charge on any atom is -0.493 e. The van der Waals surface area contributed by atoms with Gasteiger partial charge in [0, 0.05) is 12.5 Å². The number of para-hydroxylation sites is 1. The van der Waals surface area contributed by atoms with Gasteiger partial charge in [-0.3, -0.25) is 14.5 Å². The number of hydrogen-bond donors (Lipinski definition) is 2. The first-order chi connectivity index (χ1) is 9.56. The largest absolute Gasteiger partial charge is 0.493 e. The Hall–Kier alpha value is -2.08. The molecular formula is C14H18N2O4. The van der Waals surface area contributed by atoms with Gasteiger partial charge >= 0.3 is 5.97 Å². The molecule has 0 saturated heterocycles. The molecule has 0 aromatic heterocycles. The van der Waals surface area contributed by atoms with Crippen molar-refractivity contribution in [2.45, 2.75) is 12.3 Å². The molecule has 0 saturated carbocycles. The molecule has 20 heavy (non-hydrogen) atoms. The average Bonchev–Trinajstić information content (AvgIpc) is 2.37. The molecule has 3 N–H and O–H groups in total. The number of carboxylic acid groups (broad SMARTS) is 1. The van der Waals surface area contributed by atoms with Crippen molar-refractivity contribution in [3.8, 4) is 5.75 Å². The molecule has 0 spiro atoms. The molecule has 0 aliphatic carbocycles. The molecular weight excluding hydrogens is 260 g/mol. The van der Waals surface area contributed by atoms with Crippen LogP contribution in [0.15, 0.2) is 24.3 Å². The molecule has 0 bridgehead atoms. The first kappa shape index (κ1) is 14.3. The number of hydrogen-bond acceptors (Lipinski definition) is 4. The lowest BCUT2D eigenvalue weighted by Gasteiger charge is -2.30. The maximum Gasteiger partial charge on any atom is 0.317 e. The summed E-state index contributed by atoms with van der Waals surface area (Å²) in [7, 11) is 0. The number of carboxylic acids is 1. The Balaban J connectivity index is 2.10. The Kier molecular flexibility index (Phi) is 4.57. The van der Waals surface area contributed by atoms with E-state index in [0.29, 0.717) is 13.2 Å². The van der Waals surface area contributed by atoms with E-state index in [4.69, 9.17) is 15.6 Å². The molecule has 1 unspecified atom stereocenters. The van der Waals surface area contributed by atoms with Crippen LogP contribution in [0.2, 0.25) is 0 Å². The maximum absolute atomic E-state index is 11.0. The topological polar surface area (TPSA) is 92.9 Å². The first-order valence-corrected chi connectivity index (χ1v) is 6.50. The predicted octanol–water partition coefficient (Wildman–Crippen LogP) is 0.425. The van der Waals surface area contributed by atoms with Crippen LogP contribution in [0.4, 0.5) is 0 Å². The Morgan fingerprint density at radius 1 is 1.35 bits per heavy atom. The summed E-state index contributed by atoms with van der Waals surface area (Å²) in [6.45, 7) is 0.836. The summed E-state index contributed by atoms with van der Waals surface area (Å²) in [6.07, 6.45) is 0.798. The van der Waals surface area contributed by atoms with E-state index in [-0.39, 0.29) is 19.0 Å². The van der Waals surface area contributed by atoms with Crippen LogP contribution in [0.3, 0.4) is 0 Å². The second-order valence-electron chi connectivity index (χ2n) is 4.90. The third kappa shape index (κ3) is 3.71. The van der Waals surface area contributed by atoms with Gasteiger partial charge in [-0.25, -0.2) is 0 Å². The van der Waals surface area contributed by atoms with Crippen LogP contribution in [0, 0.1) is 0 Å². The summed E-state index contributed by atoms with van der Waals surface area (Å²) in [5.41, 5.74) is 6.22. The number of aliphatic carboxylic acids is 1. The van der Waals surface area contributed by atoms with Crippen LogP contribution in [-0.2, 0) is 9.59 Å². The van der Waals surface area contributed by atoms with Crippen LogP contribution in [-0.4, -0.2) is 48.1 Å². The van der Waals surface area contributed by atoms with E-state index in [9.17, 15) is 9.59 Å². The summed E-state index contributed by atoms with van der Waals surface area (Å²) < 4.78 is 5.57. The van der Waals surface area contributed by atoms with Crippen molar-refractivity contribution >= 4 is 11.9 Å². The van der Waals surface area contributed by atoms with E-state index in [1.54, 1.807) is 4.90 Å². The normalized spacial score (nSPS) is 17.4. The van der Waals surface area contributed by atoms with E-state index >= 15 is 0 Å². The van der Waals surface area contributed by atoms with Crippen molar-refractivity contribution in [1.82, 2.24) is 4.90 Å². The quantitative estimate of drug-likeness (QED) is 0.787. The monoisotopic (exact) mass is 278 g/mol. The number of amides is 1. The van der Waals surface area contributed by atoms with Crippen molar-refractivity contribution in [1.29, 1.82) is 0 Å². The molecule has 0 radical (unpaired) electrons. The van der Waals surface area contributed by atoms with Crippen LogP contribution < -0.4 is 10.5 Å². The first-order valence-electron chi connectivity index (χ1n) is 6.50. The average molecular weight is 278 g/mol. The molecule has 1 aliphatic heterocycles. The highest BCUT2D eigenvalue weighted by molar-refractivity contribution is 5.77. The molecule has 6 nitrogen and oxygen atoms in total. The van der Waals surface area contributed by atoms with Gasteiger partial charge in [-0.2, -0.15) is 0 Å². The fourth-order valence-electron chi connectivity index (χ4n) is 2.51. The van der Waals surface area contributed by atoms with E-state index in [2.05, 4.69) is 0 Å². The Morgan fingerprint density at radius 3 is 2.80 bits per heavy atom. The zero-order valence-electron chi connectivity index (χ0n) is 11.1. The zero-order valence-corrected chi connectivity index (χ0v) is 11.1. The minimum absolute atomic E-state index is 0.0498. The van der Waals surface area contributed by atoms with Gasteiger partial charge < -0.3 is 15.6 Å². The van der Waals surface area contributed by atoms with Gasteiger partial charge in [-0.05, 0) is 18.1 Å². The van der Waals surface area contributed by atoms with Crippen LogP contribution >= 0.6 is 0 Å². The van der Waals surface area contributed by atoms with Crippen LogP contribution in [0.1, 0.15) is 17.9 Å². The van der Waals surface area contributed by atoms with Crippen molar-refractivity contribution < 1.29 is 19.4 Å². The van der Waals surface area contributed by atoms with Crippen molar-refractivity contribution in [3.05, 3.63) is 29.8 Å². The Labute approximate surface area is 117 Å². The lowest BCUT2D eigenvalue weighted by molar-refractivity contribution is -0.138. The van der Waals surface area contributed by atoms with Gasteiger partial charge in [-0.1, -0.05) is 18.2 Å². The van der Waals surface area contributed by atoms with Crippen LogP contribution in [0.5, 0.6) is 5.75 Å². The Bertz CT molecular complexity index is 488. The molecule has 1 aromatic rings. The molecule has 1 aromatic carbocycles. The van der Waals surface area contributed by atoms with E-state index < -0.39 is 11.9 Å². The number of benzene rings is 1. The highest BCUT2D eigenvalue weighted by atomic mass is 16.5. The molecule has 1 aliphatic rings. The number of rotatable bonds is 6. The molecule has 1 amide bonds. The van der Waals surface area contributed by atoms with Gasteiger partial charge in [-0.15, -0.1) is 0 Å². The van der Waals surface area contributed by atoms with Gasteiger partial charge in [0.15, 0.2) is 0 Å². The molecule has 0 fully saturated rings. The van der Waals surface area contributed by atoms with Gasteiger partial charge in [0.25, 0.3) is 0 Å². The van der Waals surface area contributed by atoms with Crippen molar-refractivity contribution in [2.24, 2.45) is 5.73 Å². The number of carbonyl (C=O) groups excluding carboxylic acids is 1. The minimum atomic E-state index is -0.966. The lowest BCUT2D eigenvalue weighted by atomic mass is 9.92. The van der Waals surface area contributed by atoms with E-state index in [0.717, 1.165) is 17.7 Å². The zero-order chi connectivity index (χ0) is 14.5. The Morgan fingerprint density at radius 2 is 2.10 bits per heavy atom. The molecule has 108 valence electrons. The molecule has 6 heteroatoms. The summed E-state index contributed by atoms with van der Waals surface area (Å²) >= 11 is 0. The fraction of sp³-hybridized carbons (Fsp3) is 0.429. The summed E-state index contributed by atoms with van der Waals surface area (Å²) in [5, 5.41) is 8.90. The smallest absolute Gasteiger partial charge is 0.317 e. The summed E-state index contributed by atoms with van der Waals surface area (Å²) in [5.74, 6) is -0.505. The van der Waals surface area contributed by atoms with Crippen LogP contribution in [0.25, 0.3) is 0 Å².